The predicted molar refractivity (Wildman–Crippen MR) is 79.7 cm³/mol. The molecule has 0 aliphatic carbocycles. The van der Waals surface area contributed by atoms with Gasteiger partial charge in [0, 0.05) is 17.2 Å². The minimum atomic E-state index is -0.126. The van der Waals surface area contributed by atoms with Crippen molar-refractivity contribution in [1.29, 1.82) is 0 Å². The van der Waals surface area contributed by atoms with Gasteiger partial charge in [0.1, 0.15) is 5.75 Å². The van der Waals surface area contributed by atoms with Crippen LogP contribution in [0.4, 0.5) is 0 Å². The molecule has 1 unspecified atom stereocenters. The maximum Gasteiger partial charge on any atom is 0.231 e. The summed E-state index contributed by atoms with van der Waals surface area (Å²) in [5.41, 5.74) is 0. The molecule has 1 fully saturated rings. The van der Waals surface area contributed by atoms with Gasteiger partial charge in [0.25, 0.3) is 0 Å². The molecule has 1 saturated heterocycles. The second kappa shape index (κ2) is 5.69. The molecule has 2 atom stereocenters. The molecule has 0 amide bonds. The van der Waals surface area contributed by atoms with E-state index in [1.54, 1.807) is 11.8 Å². The molecule has 1 N–H and O–H groups in total. The largest absolute Gasteiger partial charge is 0.480 e. The van der Waals surface area contributed by atoms with E-state index in [0.717, 1.165) is 43.3 Å². The maximum absolute atomic E-state index is 6.00. The summed E-state index contributed by atoms with van der Waals surface area (Å²) in [5, 5.41) is 7.51. The average molecular weight is 303 g/mol. The van der Waals surface area contributed by atoms with E-state index in [-0.39, 0.29) is 6.10 Å². The lowest BCUT2D eigenvalue weighted by Gasteiger charge is -2.23. The van der Waals surface area contributed by atoms with E-state index in [0.29, 0.717) is 11.7 Å². The fourth-order valence-electron chi connectivity index (χ4n) is 2.75. The van der Waals surface area contributed by atoms with Crippen LogP contribution in [0.5, 0.6) is 5.75 Å². The van der Waals surface area contributed by atoms with Crippen LogP contribution in [-0.4, -0.2) is 29.0 Å². The Morgan fingerprint density at radius 3 is 3.14 bits per heavy atom. The number of piperidine rings is 1. The van der Waals surface area contributed by atoms with E-state index < -0.39 is 0 Å². The van der Waals surface area contributed by atoms with E-state index >= 15 is 0 Å². The number of benzene rings is 1. The van der Waals surface area contributed by atoms with E-state index in [2.05, 4.69) is 21.5 Å². The Labute approximate surface area is 127 Å². The minimum absolute atomic E-state index is 0.126. The van der Waals surface area contributed by atoms with Crippen LogP contribution in [0.2, 0.25) is 0 Å². The average Bonchev–Trinajstić information content (AvgIpc) is 3.05. The first-order chi connectivity index (χ1) is 10.4. The third kappa shape index (κ3) is 2.65. The second-order valence-corrected chi connectivity index (χ2v) is 6.46. The van der Waals surface area contributed by atoms with E-state index in [1.807, 2.05) is 18.2 Å². The summed E-state index contributed by atoms with van der Waals surface area (Å²) < 4.78 is 11.5. The van der Waals surface area contributed by atoms with E-state index in [1.165, 1.54) is 4.90 Å². The van der Waals surface area contributed by atoms with E-state index in [9.17, 15) is 0 Å². The van der Waals surface area contributed by atoms with Gasteiger partial charge in [-0.3, -0.25) is 0 Å². The van der Waals surface area contributed by atoms with Crippen molar-refractivity contribution in [3.05, 3.63) is 36.0 Å². The molecule has 21 heavy (non-hydrogen) atoms. The van der Waals surface area contributed by atoms with Crippen LogP contribution in [0.15, 0.2) is 33.7 Å². The van der Waals surface area contributed by atoms with Crippen LogP contribution < -0.4 is 10.1 Å². The summed E-state index contributed by atoms with van der Waals surface area (Å²) >= 11 is 1.78. The quantitative estimate of drug-likeness (QED) is 0.920. The van der Waals surface area contributed by atoms with Crippen molar-refractivity contribution in [2.24, 2.45) is 0 Å². The highest BCUT2D eigenvalue weighted by molar-refractivity contribution is 7.99. The van der Waals surface area contributed by atoms with Gasteiger partial charge in [0.2, 0.25) is 11.7 Å². The predicted octanol–water partition coefficient (Wildman–Crippen LogP) is 2.76. The molecular weight excluding hydrogens is 286 g/mol. The number of aromatic nitrogens is 2. The SMILES string of the molecule is c1ccc2c(c1)OC(c1noc([C@@H]3CCCNC3)n1)CS2. The van der Waals surface area contributed by atoms with Gasteiger partial charge in [0.05, 0.1) is 5.92 Å². The van der Waals surface area contributed by atoms with Crippen molar-refractivity contribution in [3.8, 4) is 5.75 Å². The zero-order valence-corrected chi connectivity index (χ0v) is 12.4. The zero-order chi connectivity index (χ0) is 14.1. The lowest BCUT2D eigenvalue weighted by molar-refractivity contribution is 0.204. The molecule has 1 aromatic heterocycles. The Balaban J connectivity index is 1.51. The fourth-order valence-corrected chi connectivity index (χ4v) is 3.73. The number of nitrogens with zero attached hydrogens (tertiary/aromatic N) is 2. The number of para-hydroxylation sites is 1. The lowest BCUT2D eigenvalue weighted by Crippen LogP contribution is -2.28. The molecule has 5 nitrogen and oxygen atoms in total. The number of fused-ring (bicyclic) bond motifs is 1. The first kappa shape index (κ1) is 13.2. The fraction of sp³-hybridized carbons (Fsp3) is 0.467. The lowest BCUT2D eigenvalue weighted by atomic mass is 10.00. The summed E-state index contributed by atoms with van der Waals surface area (Å²) in [6.45, 7) is 2.00. The van der Waals surface area contributed by atoms with Crippen molar-refractivity contribution in [3.63, 3.8) is 0 Å². The molecule has 3 heterocycles. The van der Waals surface area contributed by atoms with Crippen molar-refractivity contribution < 1.29 is 9.26 Å². The van der Waals surface area contributed by atoms with Gasteiger partial charge in [-0.25, -0.2) is 0 Å². The smallest absolute Gasteiger partial charge is 0.231 e. The van der Waals surface area contributed by atoms with Gasteiger partial charge in [-0.2, -0.15) is 4.98 Å². The highest BCUT2D eigenvalue weighted by atomic mass is 32.2. The van der Waals surface area contributed by atoms with Crippen LogP contribution in [-0.2, 0) is 0 Å². The molecule has 2 aromatic rings. The standard InChI is InChI=1S/C15H17N3O2S/c1-2-6-13-11(5-1)19-12(9-21-13)14-17-15(20-18-14)10-4-3-7-16-8-10/h1-2,5-6,10,12,16H,3-4,7-9H2/t10-,12?/m1/s1. The first-order valence-corrected chi connectivity index (χ1v) is 8.31. The third-order valence-electron chi connectivity index (χ3n) is 3.90. The van der Waals surface area contributed by atoms with Crippen LogP contribution in [0, 0.1) is 0 Å². The summed E-state index contributed by atoms with van der Waals surface area (Å²) in [5.74, 6) is 3.47. The summed E-state index contributed by atoms with van der Waals surface area (Å²) in [4.78, 5) is 5.75. The second-order valence-electron chi connectivity index (χ2n) is 5.40. The molecule has 0 spiro atoms. The van der Waals surface area contributed by atoms with Gasteiger partial charge < -0.3 is 14.6 Å². The minimum Gasteiger partial charge on any atom is -0.480 e. The summed E-state index contributed by atoms with van der Waals surface area (Å²) in [7, 11) is 0. The molecule has 0 saturated carbocycles. The van der Waals surface area contributed by atoms with Gasteiger partial charge in [-0.05, 0) is 31.5 Å². The molecule has 0 bridgehead atoms. The number of thioether (sulfide) groups is 1. The van der Waals surface area contributed by atoms with Crippen LogP contribution in [0.25, 0.3) is 0 Å². The van der Waals surface area contributed by atoms with Crippen LogP contribution >= 0.6 is 11.8 Å². The number of nitrogens with one attached hydrogen (secondary N) is 1. The third-order valence-corrected chi connectivity index (χ3v) is 5.02. The van der Waals surface area contributed by atoms with Crippen molar-refractivity contribution in [2.45, 2.75) is 29.8 Å². The molecule has 4 rings (SSSR count). The van der Waals surface area contributed by atoms with Crippen molar-refractivity contribution >= 4 is 11.8 Å². The van der Waals surface area contributed by atoms with Gasteiger partial charge in [-0.1, -0.05) is 17.3 Å². The number of hydrogen-bond donors (Lipinski definition) is 1. The molecule has 2 aliphatic heterocycles. The molecule has 2 aliphatic rings. The van der Waals surface area contributed by atoms with Crippen molar-refractivity contribution in [1.82, 2.24) is 15.5 Å². The number of hydrogen-bond acceptors (Lipinski definition) is 6. The highest BCUT2D eigenvalue weighted by Gasteiger charge is 2.28. The van der Waals surface area contributed by atoms with Gasteiger partial charge >= 0.3 is 0 Å². The Bertz CT molecular complexity index is 625. The Hall–Kier alpha value is -1.53. The highest BCUT2D eigenvalue weighted by Crippen LogP contribution is 2.39. The first-order valence-electron chi connectivity index (χ1n) is 7.33. The van der Waals surface area contributed by atoms with Crippen molar-refractivity contribution in [2.75, 3.05) is 18.8 Å². The Kier molecular flexibility index (Phi) is 3.57. The molecular formula is C15H17N3O2S. The molecule has 1 aromatic carbocycles. The maximum atomic E-state index is 6.00. The summed E-state index contributed by atoms with van der Waals surface area (Å²) in [6, 6.07) is 8.07. The monoisotopic (exact) mass is 303 g/mol. The topological polar surface area (TPSA) is 60.2 Å². The Morgan fingerprint density at radius 1 is 1.29 bits per heavy atom. The van der Waals surface area contributed by atoms with E-state index in [4.69, 9.17) is 9.26 Å². The molecule has 0 radical (unpaired) electrons. The number of ether oxygens (including phenoxy) is 1. The van der Waals surface area contributed by atoms with Gasteiger partial charge in [-0.15, -0.1) is 11.8 Å². The van der Waals surface area contributed by atoms with Crippen LogP contribution in [0.3, 0.4) is 0 Å². The Morgan fingerprint density at radius 2 is 2.24 bits per heavy atom. The van der Waals surface area contributed by atoms with Gasteiger partial charge in [0.15, 0.2) is 6.10 Å². The number of rotatable bonds is 2. The molecule has 110 valence electrons. The zero-order valence-electron chi connectivity index (χ0n) is 11.6. The summed E-state index contributed by atoms with van der Waals surface area (Å²) in [6.07, 6.45) is 2.14. The normalized spacial score (nSPS) is 25.1. The molecule has 6 heteroatoms. The van der Waals surface area contributed by atoms with Crippen LogP contribution in [0.1, 0.15) is 36.6 Å².